The number of carbonyl (C=O) groups is 1. The number of aryl methyl sites for hydroxylation is 1. The third-order valence-corrected chi connectivity index (χ3v) is 4.91. The predicted molar refractivity (Wildman–Crippen MR) is 97.4 cm³/mol. The number of hydrogen-bond donors (Lipinski definition) is 1. The molecule has 26 heavy (non-hydrogen) atoms. The molecule has 3 nitrogen and oxygen atoms in total. The Balaban J connectivity index is 1.54. The van der Waals surface area contributed by atoms with Crippen LogP contribution in [0.15, 0.2) is 42.5 Å². The number of likely N-dealkylation sites (tertiary alicyclic amines) is 1. The molecule has 1 fully saturated rings. The van der Waals surface area contributed by atoms with Gasteiger partial charge in [0.25, 0.3) is 0 Å². The fourth-order valence-corrected chi connectivity index (χ4v) is 3.49. The van der Waals surface area contributed by atoms with E-state index >= 15 is 0 Å². The second-order valence-corrected chi connectivity index (χ2v) is 6.87. The van der Waals surface area contributed by atoms with E-state index < -0.39 is 11.6 Å². The largest absolute Gasteiger partial charge is 0.335 e. The van der Waals surface area contributed by atoms with Crippen molar-refractivity contribution in [1.29, 1.82) is 0 Å². The van der Waals surface area contributed by atoms with Crippen molar-refractivity contribution in [3.8, 4) is 0 Å². The van der Waals surface area contributed by atoms with Gasteiger partial charge in [0.1, 0.15) is 11.6 Å². The Morgan fingerprint density at radius 1 is 1.15 bits per heavy atom. The van der Waals surface area contributed by atoms with E-state index in [0.717, 1.165) is 25.9 Å². The molecule has 1 saturated heterocycles. The van der Waals surface area contributed by atoms with Gasteiger partial charge in [-0.05, 0) is 44.0 Å². The molecule has 0 unspecified atom stereocenters. The van der Waals surface area contributed by atoms with Crippen molar-refractivity contribution in [2.45, 2.75) is 45.3 Å². The molecule has 1 aliphatic rings. The average molecular weight is 358 g/mol. The third-order valence-electron chi connectivity index (χ3n) is 4.91. The molecule has 0 aliphatic carbocycles. The van der Waals surface area contributed by atoms with Crippen LogP contribution in [0.25, 0.3) is 0 Å². The summed E-state index contributed by atoms with van der Waals surface area (Å²) in [5.41, 5.74) is 2.42. The minimum Gasteiger partial charge on any atom is -0.335 e. The van der Waals surface area contributed by atoms with Gasteiger partial charge in [-0.25, -0.2) is 8.78 Å². The Morgan fingerprint density at radius 2 is 1.88 bits per heavy atom. The molecule has 0 bridgehead atoms. The van der Waals surface area contributed by atoms with Crippen LogP contribution in [-0.4, -0.2) is 23.4 Å². The lowest BCUT2D eigenvalue weighted by Crippen LogP contribution is -2.35. The van der Waals surface area contributed by atoms with Crippen LogP contribution >= 0.6 is 0 Å². The molecule has 0 radical (unpaired) electrons. The molecule has 1 amide bonds. The first-order valence-electron chi connectivity index (χ1n) is 9.03. The molecule has 1 aliphatic heterocycles. The molecule has 1 heterocycles. The van der Waals surface area contributed by atoms with Crippen molar-refractivity contribution in [3.05, 3.63) is 70.8 Å². The van der Waals surface area contributed by atoms with Crippen LogP contribution < -0.4 is 5.32 Å². The minimum absolute atomic E-state index is 0.000112. The summed E-state index contributed by atoms with van der Waals surface area (Å²) in [6, 6.07) is 12.1. The van der Waals surface area contributed by atoms with Gasteiger partial charge in [0, 0.05) is 24.6 Å². The van der Waals surface area contributed by atoms with Crippen LogP contribution in [0.1, 0.15) is 36.0 Å². The zero-order valence-corrected chi connectivity index (χ0v) is 15.0. The van der Waals surface area contributed by atoms with E-state index in [1.807, 2.05) is 6.07 Å². The average Bonchev–Trinajstić information content (AvgIpc) is 2.95. The van der Waals surface area contributed by atoms with Crippen LogP contribution in [0.5, 0.6) is 0 Å². The molecule has 0 aromatic heterocycles. The van der Waals surface area contributed by atoms with Crippen molar-refractivity contribution in [3.63, 3.8) is 0 Å². The lowest BCUT2D eigenvalue weighted by molar-refractivity contribution is -0.129. The standard InChI is InChI=1S/C21H24F2N2O/c1-15-4-2-5-16(12-15)13-24-11-10-17-8-9-21(26)25(17)14-18-19(22)6-3-7-20(18)23/h2-7,12,17,24H,8-11,13-14H2,1H3/t17-/m1/s1. The highest BCUT2D eigenvalue weighted by atomic mass is 19.1. The number of halogens is 2. The van der Waals surface area contributed by atoms with Gasteiger partial charge in [0.05, 0.1) is 6.54 Å². The first-order valence-corrected chi connectivity index (χ1v) is 9.03. The van der Waals surface area contributed by atoms with Crippen LogP contribution in [0.2, 0.25) is 0 Å². The Bertz CT molecular complexity index is 758. The SMILES string of the molecule is Cc1cccc(CNCC[C@H]2CCC(=O)N2Cc2c(F)cccc2F)c1. The van der Waals surface area contributed by atoms with E-state index in [1.54, 1.807) is 4.90 Å². The Kier molecular flexibility index (Phi) is 5.99. The van der Waals surface area contributed by atoms with E-state index in [0.29, 0.717) is 6.42 Å². The summed E-state index contributed by atoms with van der Waals surface area (Å²) in [5.74, 6) is -1.22. The fraction of sp³-hybridized carbons (Fsp3) is 0.381. The summed E-state index contributed by atoms with van der Waals surface area (Å²) in [5, 5.41) is 3.39. The number of benzene rings is 2. The van der Waals surface area contributed by atoms with Gasteiger partial charge in [0.2, 0.25) is 5.91 Å². The van der Waals surface area contributed by atoms with Crippen molar-refractivity contribution in [2.75, 3.05) is 6.54 Å². The number of carbonyl (C=O) groups excluding carboxylic acids is 1. The van der Waals surface area contributed by atoms with Gasteiger partial charge in [-0.2, -0.15) is 0 Å². The summed E-state index contributed by atoms with van der Waals surface area (Å²) in [4.78, 5) is 13.8. The summed E-state index contributed by atoms with van der Waals surface area (Å²) in [7, 11) is 0. The molecule has 2 aromatic carbocycles. The number of nitrogens with one attached hydrogen (secondary N) is 1. The Labute approximate surface area is 153 Å². The molecule has 5 heteroatoms. The summed E-state index contributed by atoms with van der Waals surface area (Å²) < 4.78 is 27.8. The zero-order chi connectivity index (χ0) is 18.5. The van der Waals surface area contributed by atoms with Crippen LogP contribution in [-0.2, 0) is 17.9 Å². The maximum atomic E-state index is 13.9. The minimum atomic E-state index is -0.596. The summed E-state index contributed by atoms with van der Waals surface area (Å²) >= 11 is 0. The highest BCUT2D eigenvalue weighted by Crippen LogP contribution is 2.25. The van der Waals surface area contributed by atoms with E-state index in [-0.39, 0.29) is 24.1 Å². The van der Waals surface area contributed by atoms with E-state index in [2.05, 4.69) is 30.4 Å². The number of amides is 1. The van der Waals surface area contributed by atoms with Crippen LogP contribution in [0.4, 0.5) is 8.78 Å². The molecule has 2 aromatic rings. The van der Waals surface area contributed by atoms with Gasteiger partial charge in [-0.15, -0.1) is 0 Å². The van der Waals surface area contributed by atoms with Crippen molar-refractivity contribution >= 4 is 5.91 Å². The van der Waals surface area contributed by atoms with Crippen molar-refractivity contribution in [1.82, 2.24) is 10.2 Å². The molecular formula is C21H24F2N2O. The lowest BCUT2D eigenvalue weighted by atomic mass is 10.1. The van der Waals surface area contributed by atoms with Crippen molar-refractivity contribution < 1.29 is 13.6 Å². The van der Waals surface area contributed by atoms with Crippen molar-refractivity contribution in [2.24, 2.45) is 0 Å². The van der Waals surface area contributed by atoms with E-state index in [9.17, 15) is 13.6 Å². The maximum Gasteiger partial charge on any atom is 0.223 e. The Morgan fingerprint density at radius 3 is 2.62 bits per heavy atom. The quantitative estimate of drug-likeness (QED) is 0.760. The lowest BCUT2D eigenvalue weighted by Gasteiger charge is -2.25. The Hall–Kier alpha value is -2.27. The number of hydrogen-bond acceptors (Lipinski definition) is 2. The molecule has 3 rings (SSSR count). The normalized spacial score (nSPS) is 17.1. The highest BCUT2D eigenvalue weighted by molar-refractivity contribution is 5.78. The summed E-state index contributed by atoms with van der Waals surface area (Å²) in [6.07, 6.45) is 1.95. The van der Waals surface area contributed by atoms with E-state index in [4.69, 9.17) is 0 Å². The summed E-state index contributed by atoms with van der Waals surface area (Å²) in [6.45, 7) is 3.58. The molecule has 138 valence electrons. The van der Waals surface area contributed by atoms with Gasteiger partial charge < -0.3 is 10.2 Å². The first kappa shape index (κ1) is 18.5. The second-order valence-electron chi connectivity index (χ2n) is 6.87. The maximum absolute atomic E-state index is 13.9. The van der Waals surface area contributed by atoms with Gasteiger partial charge in [0.15, 0.2) is 0 Å². The first-order chi connectivity index (χ1) is 12.5. The van der Waals surface area contributed by atoms with Gasteiger partial charge in [-0.1, -0.05) is 35.9 Å². The van der Waals surface area contributed by atoms with Crippen LogP contribution in [0, 0.1) is 18.6 Å². The smallest absolute Gasteiger partial charge is 0.223 e. The predicted octanol–water partition coefficient (Wildman–Crippen LogP) is 3.94. The molecular weight excluding hydrogens is 334 g/mol. The molecule has 1 atom stereocenters. The molecule has 0 saturated carbocycles. The number of nitrogens with zero attached hydrogens (tertiary/aromatic N) is 1. The van der Waals surface area contributed by atoms with Gasteiger partial charge >= 0.3 is 0 Å². The van der Waals surface area contributed by atoms with Crippen LogP contribution in [0.3, 0.4) is 0 Å². The molecule has 1 N–H and O–H groups in total. The van der Waals surface area contributed by atoms with Gasteiger partial charge in [-0.3, -0.25) is 4.79 Å². The number of rotatable bonds is 7. The zero-order valence-electron chi connectivity index (χ0n) is 15.0. The third kappa shape index (κ3) is 4.47. The molecule has 0 spiro atoms. The highest BCUT2D eigenvalue weighted by Gasteiger charge is 2.31. The monoisotopic (exact) mass is 358 g/mol. The fourth-order valence-electron chi connectivity index (χ4n) is 3.49. The second kappa shape index (κ2) is 8.41. The van der Waals surface area contributed by atoms with E-state index in [1.165, 1.54) is 29.3 Å². The topological polar surface area (TPSA) is 32.3 Å².